The topological polar surface area (TPSA) is 43.1 Å². The van der Waals surface area contributed by atoms with E-state index in [0.717, 1.165) is 6.42 Å². The Bertz CT molecular complexity index is 454. The maximum absolute atomic E-state index is 11.9. The first-order valence-corrected chi connectivity index (χ1v) is 8.06. The Labute approximate surface area is 122 Å². The summed E-state index contributed by atoms with van der Waals surface area (Å²) in [6.45, 7) is 4.47. The number of nitrogens with two attached hydrogens (primary N) is 1. The van der Waals surface area contributed by atoms with Crippen LogP contribution in [-0.4, -0.2) is 5.91 Å². The fraction of sp³-hybridized carbons (Fsp3) is 0.611. The summed E-state index contributed by atoms with van der Waals surface area (Å²) in [5.74, 6) is 0.820. The van der Waals surface area contributed by atoms with Crippen LogP contribution in [0.25, 0.3) is 0 Å². The number of hydrogen-bond donors (Lipinski definition) is 1. The second kappa shape index (κ2) is 6.92. The molecule has 110 valence electrons. The first kappa shape index (κ1) is 15.1. The predicted octanol–water partition coefficient (Wildman–Crippen LogP) is 4.03. The minimum Gasteiger partial charge on any atom is -0.369 e. The molecule has 0 spiro atoms. The van der Waals surface area contributed by atoms with E-state index in [1.165, 1.54) is 43.2 Å². The van der Waals surface area contributed by atoms with Crippen molar-refractivity contribution in [3.63, 3.8) is 0 Å². The smallest absolute Gasteiger partial charge is 0.221 e. The zero-order valence-corrected chi connectivity index (χ0v) is 12.8. The van der Waals surface area contributed by atoms with Gasteiger partial charge in [0.1, 0.15) is 0 Å². The third-order valence-electron chi connectivity index (χ3n) is 4.75. The molecule has 1 aromatic carbocycles. The number of unbranched alkanes of at least 4 members (excludes halogenated alkanes) is 1. The number of benzene rings is 1. The summed E-state index contributed by atoms with van der Waals surface area (Å²) >= 11 is 0. The van der Waals surface area contributed by atoms with Crippen LogP contribution in [0.3, 0.4) is 0 Å². The van der Waals surface area contributed by atoms with Crippen molar-refractivity contribution in [1.29, 1.82) is 0 Å². The number of carbonyl (C=O) groups excluding carboxylic acids is 1. The number of rotatable bonds is 7. The van der Waals surface area contributed by atoms with Crippen molar-refractivity contribution in [2.24, 2.45) is 17.6 Å². The van der Waals surface area contributed by atoms with E-state index in [-0.39, 0.29) is 11.8 Å². The predicted molar refractivity (Wildman–Crippen MR) is 83.5 cm³/mol. The highest BCUT2D eigenvalue weighted by atomic mass is 16.1. The monoisotopic (exact) mass is 273 g/mol. The van der Waals surface area contributed by atoms with Crippen LogP contribution in [0, 0.1) is 11.8 Å². The molecule has 1 amide bonds. The Morgan fingerprint density at radius 1 is 1.25 bits per heavy atom. The number of fused-ring (bicyclic) bond motifs is 1. The van der Waals surface area contributed by atoms with Gasteiger partial charge >= 0.3 is 0 Å². The molecule has 0 saturated carbocycles. The lowest BCUT2D eigenvalue weighted by molar-refractivity contribution is -0.122. The third-order valence-corrected chi connectivity index (χ3v) is 4.75. The molecule has 0 aliphatic heterocycles. The summed E-state index contributed by atoms with van der Waals surface area (Å²) in [6, 6.07) is 8.53. The zero-order valence-electron chi connectivity index (χ0n) is 12.8. The largest absolute Gasteiger partial charge is 0.369 e. The molecule has 0 radical (unpaired) electrons. The number of carbonyl (C=O) groups is 1. The van der Waals surface area contributed by atoms with Crippen LogP contribution >= 0.6 is 0 Å². The highest BCUT2D eigenvalue weighted by Crippen LogP contribution is 2.45. The van der Waals surface area contributed by atoms with Crippen LogP contribution in [0.1, 0.15) is 63.0 Å². The Kier molecular flexibility index (Phi) is 5.22. The molecule has 0 bridgehead atoms. The summed E-state index contributed by atoms with van der Waals surface area (Å²) in [4.78, 5) is 11.9. The summed E-state index contributed by atoms with van der Waals surface area (Å²) < 4.78 is 0. The van der Waals surface area contributed by atoms with Crippen LogP contribution in [-0.2, 0) is 11.2 Å². The number of primary amides is 1. The molecular weight excluding hydrogens is 246 g/mol. The Morgan fingerprint density at radius 2 is 2.00 bits per heavy atom. The van der Waals surface area contributed by atoms with E-state index in [9.17, 15) is 4.79 Å². The molecule has 20 heavy (non-hydrogen) atoms. The first-order valence-electron chi connectivity index (χ1n) is 8.06. The third kappa shape index (κ3) is 3.05. The van der Waals surface area contributed by atoms with Gasteiger partial charge in [-0.15, -0.1) is 0 Å². The van der Waals surface area contributed by atoms with E-state index in [1.54, 1.807) is 0 Å². The Balaban J connectivity index is 2.29. The van der Waals surface area contributed by atoms with Gasteiger partial charge in [0.25, 0.3) is 0 Å². The number of amides is 1. The highest BCUT2D eigenvalue weighted by molar-refractivity contribution is 5.79. The van der Waals surface area contributed by atoms with Gasteiger partial charge in [0.15, 0.2) is 0 Å². The summed E-state index contributed by atoms with van der Waals surface area (Å²) in [5.41, 5.74) is 8.40. The lowest BCUT2D eigenvalue weighted by Crippen LogP contribution is -2.30. The van der Waals surface area contributed by atoms with Crippen LogP contribution in [0.4, 0.5) is 0 Å². The maximum Gasteiger partial charge on any atom is 0.221 e. The van der Waals surface area contributed by atoms with Gasteiger partial charge in [-0.2, -0.15) is 0 Å². The van der Waals surface area contributed by atoms with E-state index < -0.39 is 0 Å². The molecule has 2 rings (SSSR count). The Morgan fingerprint density at radius 3 is 2.65 bits per heavy atom. The molecule has 2 heteroatoms. The SMILES string of the molecule is CCCCC(CCC)C1c2ccccc2CC1C(N)=O. The lowest BCUT2D eigenvalue weighted by atomic mass is 9.76. The summed E-state index contributed by atoms with van der Waals surface area (Å²) in [6.07, 6.45) is 6.89. The summed E-state index contributed by atoms with van der Waals surface area (Å²) in [5, 5.41) is 0. The molecule has 2 N–H and O–H groups in total. The highest BCUT2D eigenvalue weighted by Gasteiger charge is 2.39. The van der Waals surface area contributed by atoms with Crippen LogP contribution in [0.15, 0.2) is 24.3 Å². The second-order valence-electron chi connectivity index (χ2n) is 6.13. The maximum atomic E-state index is 11.9. The Hall–Kier alpha value is -1.31. The molecule has 1 aliphatic carbocycles. The average Bonchev–Trinajstić information content (AvgIpc) is 2.83. The molecule has 0 fully saturated rings. The fourth-order valence-corrected chi connectivity index (χ4v) is 3.83. The van der Waals surface area contributed by atoms with Gasteiger partial charge in [0.05, 0.1) is 0 Å². The normalized spacial score (nSPS) is 22.5. The van der Waals surface area contributed by atoms with Gasteiger partial charge in [-0.05, 0) is 35.8 Å². The molecule has 2 nitrogen and oxygen atoms in total. The number of hydrogen-bond acceptors (Lipinski definition) is 1. The van der Waals surface area contributed by atoms with E-state index in [0.29, 0.717) is 11.8 Å². The van der Waals surface area contributed by atoms with Crippen LogP contribution in [0.2, 0.25) is 0 Å². The molecule has 1 aliphatic rings. The van der Waals surface area contributed by atoms with Crippen LogP contribution in [0.5, 0.6) is 0 Å². The first-order chi connectivity index (χ1) is 9.69. The van der Waals surface area contributed by atoms with Gasteiger partial charge in [0, 0.05) is 5.92 Å². The molecule has 0 heterocycles. The van der Waals surface area contributed by atoms with Gasteiger partial charge in [-0.25, -0.2) is 0 Å². The van der Waals surface area contributed by atoms with E-state index in [1.807, 2.05) is 0 Å². The van der Waals surface area contributed by atoms with Gasteiger partial charge in [-0.1, -0.05) is 63.8 Å². The van der Waals surface area contributed by atoms with Crippen LogP contribution < -0.4 is 5.73 Å². The lowest BCUT2D eigenvalue weighted by Gasteiger charge is -2.28. The van der Waals surface area contributed by atoms with E-state index in [2.05, 4.69) is 38.1 Å². The van der Waals surface area contributed by atoms with Crippen molar-refractivity contribution < 1.29 is 4.79 Å². The standard InChI is InChI=1S/C18H27NO/c1-3-5-9-13(8-4-2)17-15-11-7-6-10-14(15)12-16(17)18(19)20/h6-7,10-11,13,16-17H,3-5,8-9,12H2,1-2H3,(H2,19,20). The quantitative estimate of drug-likeness (QED) is 0.800. The molecule has 0 saturated heterocycles. The zero-order chi connectivity index (χ0) is 14.5. The van der Waals surface area contributed by atoms with Crippen molar-refractivity contribution >= 4 is 5.91 Å². The minimum absolute atomic E-state index is 0.000746. The minimum atomic E-state index is -0.121. The molecule has 1 aromatic rings. The molecule has 0 aromatic heterocycles. The molecule has 3 atom stereocenters. The summed E-state index contributed by atoms with van der Waals surface area (Å²) in [7, 11) is 0. The van der Waals surface area contributed by atoms with Crippen molar-refractivity contribution in [1.82, 2.24) is 0 Å². The van der Waals surface area contributed by atoms with Crippen molar-refractivity contribution in [3.05, 3.63) is 35.4 Å². The van der Waals surface area contributed by atoms with Crippen molar-refractivity contribution in [2.45, 2.75) is 58.3 Å². The van der Waals surface area contributed by atoms with Gasteiger partial charge in [0.2, 0.25) is 5.91 Å². The average molecular weight is 273 g/mol. The molecule has 3 unspecified atom stereocenters. The van der Waals surface area contributed by atoms with E-state index >= 15 is 0 Å². The van der Waals surface area contributed by atoms with Gasteiger partial charge in [-0.3, -0.25) is 4.79 Å². The van der Waals surface area contributed by atoms with Gasteiger partial charge < -0.3 is 5.73 Å². The molecular formula is C18H27NO. The van der Waals surface area contributed by atoms with Crippen molar-refractivity contribution in [2.75, 3.05) is 0 Å². The fourth-order valence-electron chi connectivity index (χ4n) is 3.83. The second-order valence-corrected chi connectivity index (χ2v) is 6.13. The van der Waals surface area contributed by atoms with E-state index in [4.69, 9.17) is 5.73 Å². The van der Waals surface area contributed by atoms with Crippen molar-refractivity contribution in [3.8, 4) is 0 Å².